The molecule has 2 aromatic rings. The fourth-order valence-electron chi connectivity index (χ4n) is 4.11. The summed E-state index contributed by atoms with van der Waals surface area (Å²) in [6, 6.07) is 20.9. The third-order valence-electron chi connectivity index (χ3n) is 5.85. The van der Waals surface area contributed by atoms with Crippen LogP contribution in [0.15, 0.2) is 65.7 Å². The molecule has 1 unspecified atom stereocenters. The Hall–Kier alpha value is -2.09. The van der Waals surface area contributed by atoms with Crippen LogP contribution < -0.4 is 10.6 Å². The lowest BCUT2D eigenvalue weighted by atomic mass is 9.86. The number of benzene rings is 2. The summed E-state index contributed by atoms with van der Waals surface area (Å²) < 4.78 is 0. The molecule has 174 valence electrons. The van der Waals surface area contributed by atoms with Crippen LogP contribution >= 0.6 is 24.0 Å². The van der Waals surface area contributed by atoms with Crippen molar-refractivity contribution < 1.29 is 4.79 Å². The summed E-state index contributed by atoms with van der Waals surface area (Å²) >= 11 is 0. The first kappa shape index (κ1) is 26.2. The summed E-state index contributed by atoms with van der Waals surface area (Å²) in [5.41, 5.74) is 2.73. The Morgan fingerprint density at radius 1 is 1.03 bits per heavy atom. The highest BCUT2D eigenvalue weighted by Crippen LogP contribution is 2.21. The molecule has 0 saturated carbocycles. The van der Waals surface area contributed by atoms with E-state index >= 15 is 0 Å². The van der Waals surface area contributed by atoms with E-state index in [2.05, 4.69) is 71.9 Å². The Morgan fingerprint density at radius 3 is 2.28 bits per heavy atom. The number of guanidine groups is 1. The number of nitrogens with zero attached hydrogens (tertiary/aromatic N) is 2. The van der Waals surface area contributed by atoms with Gasteiger partial charge in [0.15, 0.2) is 5.96 Å². The number of amides is 1. The molecule has 2 N–H and O–H groups in total. The fourth-order valence-corrected chi connectivity index (χ4v) is 4.11. The van der Waals surface area contributed by atoms with Gasteiger partial charge in [-0.2, -0.15) is 0 Å². The topological polar surface area (TPSA) is 56.7 Å². The van der Waals surface area contributed by atoms with E-state index in [9.17, 15) is 4.79 Å². The zero-order valence-corrected chi connectivity index (χ0v) is 21.8. The summed E-state index contributed by atoms with van der Waals surface area (Å²) in [5.74, 6) is 1.38. The highest BCUT2D eigenvalue weighted by molar-refractivity contribution is 14.0. The molecule has 0 bridgehead atoms. The number of halogens is 1. The minimum Gasteiger partial charge on any atom is -0.356 e. The van der Waals surface area contributed by atoms with Gasteiger partial charge in [0.1, 0.15) is 0 Å². The molecule has 1 fully saturated rings. The zero-order chi connectivity index (χ0) is 22.1. The molecule has 2 aromatic carbocycles. The lowest BCUT2D eigenvalue weighted by Gasteiger charge is -2.26. The number of aliphatic imine (C=N–C) groups is 1. The highest BCUT2D eigenvalue weighted by Gasteiger charge is 2.29. The molecule has 0 spiro atoms. The molecular weight excluding hydrogens is 511 g/mol. The number of rotatable bonds is 9. The maximum absolute atomic E-state index is 12.4. The Balaban J connectivity index is 0.00000363. The molecule has 1 saturated heterocycles. The van der Waals surface area contributed by atoms with E-state index in [0.29, 0.717) is 12.3 Å². The second-order valence-corrected chi connectivity index (χ2v) is 9.28. The quantitative estimate of drug-likeness (QED) is 0.282. The Morgan fingerprint density at radius 2 is 1.66 bits per heavy atom. The van der Waals surface area contributed by atoms with Crippen LogP contribution in [0.5, 0.6) is 0 Å². The summed E-state index contributed by atoms with van der Waals surface area (Å²) in [7, 11) is 1.80. The van der Waals surface area contributed by atoms with Crippen LogP contribution in [-0.4, -0.2) is 50.0 Å². The van der Waals surface area contributed by atoms with Crippen molar-refractivity contribution in [3.8, 4) is 0 Å². The van der Waals surface area contributed by atoms with Gasteiger partial charge >= 0.3 is 0 Å². The van der Waals surface area contributed by atoms with E-state index in [1.54, 1.807) is 7.05 Å². The first-order chi connectivity index (χ1) is 14.9. The van der Waals surface area contributed by atoms with Crippen LogP contribution in [0.4, 0.5) is 0 Å². The van der Waals surface area contributed by atoms with E-state index in [1.807, 2.05) is 23.1 Å². The summed E-state index contributed by atoms with van der Waals surface area (Å²) in [6.45, 7) is 7.72. The van der Waals surface area contributed by atoms with Gasteiger partial charge in [-0.05, 0) is 29.4 Å². The summed E-state index contributed by atoms with van der Waals surface area (Å²) in [4.78, 5) is 18.8. The molecular formula is C26H37IN4O. The highest BCUT2D eigenvalue weighted by atomic mass is 127. The first-order valence-corrected chi connectivity index (χ1v) is 11.3. The van der Waals surface area contributed by atoms with Crippen molar-refractivity contribution >= 4 is 35.8 Å². The third kappa shape index (κ3) is 8.45. The van der Waals surface area contributed by atoms with Crippen molar-refractivity contribution in [1.29, 1.82) is 0 Å². The number of likely N-dealkylation sites (tertiary alicyclic amines) is 1. The molecule has 0 aromatic heterocycles. The molecule has 5 nitrogen and oxygen atoms in total. The van der Waals surface area contributed by atoms with Gasteiger partial charge in [-0.25, -0.2) is 0 Å². The summed E-state index contributed by atoms with van der Waals surface area (Å²) in [6.07, 6.45) is 2.52. The predicted molar refractivity (Wildman–Crippen MR) is 144 cm³/mol. The molecule has 0 radical (unpaired) electrons. The van der Waals surface area contributed by atoms with E-state index in [-0.39, 0.29) is 35.3 Å². The van der Waals surface area contributed by atoms with Crippen LogP contribution in [-0.2, 0) is 17.6 Å². The number of hydrogen-bond acceptors (Lipinski definition) is 2. The van der Waals surface area contributed by atoms with E-state index in [4.69, 9.17) is 0 Å². The minimum absolute atomic E-state index is 0. The molecule has 1 amide bonds. The largest absolute Gasteiger partial charge is 0.356 e. The lowest BCUT2D eigenvalue weighted by molar-refractivity contribution is -0.127. The molecule has 3 rings (SSSR count). The fraction of sp³-hybridized carbons (Fsp3) is 0.462. The lowest BCUT2D eigenvalue weighted by Crippen LogP contribution is -2.44. The Kier molecular flexibility index (Phi) is 10.5. The second-order valence-electron chi connectivity index (χ2n) is 9.28. The van der Waals surface area contributed by atoms with Crippen molar-refractivity contribution in [2.75, 3.05) is 33.2 Å². The normalized spacial score (nSPS) is 16.6. The maximum Gasteiger partial charge on any atom is 0.223 e. The van der Waals surface area contributed by atoms with Gasteiger partial charge in [-0.3, -0.25) is 9.79 Å². The standard InChI is InChI=1S/C26H36N4O.HI/c1-26(2,17-22-12-8-5-9-13-22)20-29-25(27-3)28-18-23-16-24(31)30(19-23)15-14-21-10-6-4-7-11-21;/h4-13,23H,14-20H2,1-3H3,(H2,27,28,29);1H. The second kappa shape index (κ2) is 12.8. The van der Waals surface area contributed by atoms with Crippen molar-refractivity contribution in [3.05, 3.63) is 71.8 Å². The Bertz CT molecular complexity index is 855. The van der Waals surface area contributed by atoms with Gasteiger partial charge in [0, 0.05) is 45.6 Å². The molecule has 1 heterocycles. The van der Waals surface area contributed by atoms with Gasteiger partial charge in [-0.1, -0.05) is 74.5 Å². The average Bonchev–Trinajstić information content (AvgIpc) is 3.13. The smallest absolute Gasteiger partial charge is 0.223 e. The molecule has 0 aliphatic carbocycles. The third-order valence-corrected chi connectivity index (χ3v) is 5.85. The van der Waals surface area contributed by atoms with Crippen LogP contribution in [0.25, 0.3) is 0 Å². The number of carbonyl (C=O) groups excluding carboxylic acids is 1. The Labute approximate surface area is 210 Å². The van der Waals surface area contributed by atoms with Gasteiger partial charge in [-0.15, -0.1) is 24.0 Å². The summed E-state index contributed by atoms with van der Waals surface area (Å²) in [5, 5.41) is 6.89. The zero-order valence-electron chi connectivity index (χ0n) is 19.5. The molecule has 6 heteroatoms. The number of hydrogen-bond donors (Lipinski definition) is 2. The number of nitrogens with one attached hydrogen (secondary N) is 2. The maximum atomic E-state index is 12.4. The van der Waals surface area contributed by atoms with Crippen LogP contribution in [0.1, 0.15) is 31.4 Å². The van der Waals surface area contributed by atoms with Gasteiger partial charge in [0.25, 0.3) is 0 Å². The molecule has 1 atom stereocenters. The van der Waals surface area contributed by atoms with Gasteiger partial charge in [0.05, 0.1) is 0 Å². The predicted octanol–water partition coefficient (Wildman–Crippen LogP) is 4.13. The number of carbonyl (C=O) groups is 1. The van der Waals surface area contributed by atoms with Crippen molar-refractivity contribution in [3.63, 3.8) is 0 Å². The minimum atomic E-state index is 0. The van der Waals surface area contributed by atoms with Gasteiger partial charge < -0.3 is 15.5 Å². The molecule has 1 aliphatic heterocycles. The average molecular weight is 549 g/mol. The molecule has 1 aliphatic rings. The van der Waals surface area contributed by atoms with Crippen LogP contribution in [0, 0.1) is 11.3 Å². The first-order valence-electron chi connectivity index (χ1n) is 11.3. The van der Waals surface area contributed by atoms with Crippen molar-refractivity contribution in [2.45, 2.75) is 33.1 Å². The van der Waals surface area contributed by atoms with Crippen LogP contribution in [0.2, 0.25) is 0 Å². The van der Waals surface area contributed by atoms with E-state index in [0.717, 1.165) is 45.0 Å². The molecule has 32 heavy (non-hydrogen) atoms. The van der Waals surface area contributed by atoms with Crippen LogP contribution in [0.3, 0.4) is 0 Å². The van der Waals surface area contributed by atoms with Crippen molar-refractivity contribution in [2.24, 2.45) is 16.3 Å². The van der Waals surface area contributed by atoms with E-state index < -0.39 is 0 Å². The van der Waals surface area contributed by atoms with E-state index in [1.165, 1.54) is 11.1 Å². The SMILES string of the molecule is CN=C(NCC1CC(=O)N(CCc2ccccc2)C1)NCC(C)(C)Cc1ccccc1.I. The van der Waals surface area contributed by atoms with Crippen molar-refractivity contribution in [1.82, 2.24) is 15.5 Å². The monoisotopic (exact) mass is 548 g/mol. The van der Waals surface area contributed by atoms with Gasteiger partial charge in [0.2, 0.25) is 5.91 Å².